The van der Waals surface area contributed by atoms with Crippen LogP contribution in [0.5, 0.6) is 11.5 Å². The third-order valence-corrected chi connectivity index (χ3v) is 16.0. The number of amides is 4. The second kappa shape index (κ2) is 33.9. The van der Waals surface area contributed by atoms with Gasteiger partial charge >= 0.3 is 18.1 Å². The van der Waals surface area contributed by atoms with Gasteiger partial charge in [-0.3, -0.25) is 39.2 Å². The number of aromatic amines is 1. The number of carbonyl (C=O) groups excluding carboxylic acids is 5. The Balaban J connectivity index is 1.08. The first-order valence-corrected chi connectivity index (χ1v) is 30.2. The van der Waals surface area contributed by atoms with Crippen molar-refractivity contribution in [2.24, 2.45) is 5.92 Å². The van der Waals surface area contributed by atoms with Gasteiger partial charge in [0.1, 0.15) is 23.1 Å². The molecule has 0 aliphatic rings. The molecule has 2 aromatic heterocycles. The summed E-state index contributed by atoms with van der Waals surface area (Å²) >= 11 is 0. The molecule has 0 fully saturated rings. The van der Waals surface area contributed by atoms with E-state index in [2.05, 4.69) is 74.3 Å². The number of carbonyl (C=O) groups is 5. The Bertz CT molecular complexity index is 3370. The number of H-pyrrole nitrogens is 1. The van der Waals surface area contributed by atoms with Crippen molar-refractivity contribution in [1.82, 2.24) is 35.2 Å². The second-order valence-corrected chi connectivity index (χ2v) is 22.7. The summed E-state index contributed by atoms with van der Waals surface area (Å²) in [6, 6.07) is 30.5. The number of esters is 1. The number of nitrogens with one attached hydrogen (secondary N) is 4. The zero-order chi connectivity index (χ0) is 65.5. The van der Waals surface area contributed by atoms with E-state index in [1.807, 2.05) is 78.9 Å². The van der Waals surface area contributed by atoms with Gasteiger partial charge in [0.2, 0.25) is 17.8 Å². The summed E-state index contributed by atoms with van der Waals surface area (Å²) in [6.07, 6.45) is -4.46. The number of halogens is 3. The van der Waals surface area contributed by atoms with E-state index in [0.29, 0.717) is 29.2 Å². The molecule has 4 N–H and O–H groups in total. The van der Waals surface area contributed by atoms with Crippen LogP contribution < -0.4 is 35.9 Å². The number of hydrogen-bond donors (Lipinski definition) is 4. The first-order chi connectivity index (χ1) is 43.0. The first kappa shape index (κ1) is 70.6. The lowest BCUT2D eigenvalue weighted by Gasteiger charge is -2.39. The van der Waals surface area contributed by atoms with Crippen molar-refractivity contribution in [3.63, 3.8) is 0 Å². The molecule has 1 unspecified atom stereocenters. The third kappa shape index (κ3) is 19.5. The fourth-order valence-electron chi connectivity index (χ4n) is 9.33. The molecule has 4 aromatic carbocycles. The minimum atomic E-state index is -5.36. The van der Waals surface area contributed by atoms with Crippen LogP contribution in [0, 0.1) is 17.2 Å². The van der Waals surface area contributed by atoms with Gasteiger partial charge in [0.25, 0.3) is 20.0 Å². The smallest absolute Gasteiger partial charge is 0.471 e. The van der Waals surface area contributed by atoms with E-state index >= 15 is 0 Å². The largest absolute Gasteiger partial charge is 0.497 e. The number of benzene rings is 4. The summed E-state index contributed by atoms with van der Waals surface area (Å²) in [4.78, 5) is 92.1. The predicted molar refractivity (Wildman–Crippen MR) is 329 cm³/mol. The van der Waals surface area contributed by atoms with E-state index in [4.69, 9.17) is 32.7 Å². The molecule has 23 nitrogen and oxygen atoms in total. The lowest BCUT2D eigenvalue weighted by atomic mass is 9.80. The summed E-state index contributed by atoms with van der Waals surface area (Å²) in [5.74, 6) is -4.24. The van der Waals surface area contributed by atoms with Crippen molar-refractivity contribution in [3.8, 4) is 17.6 Å². The Labute approximate surface area is 521 Å². The summed E-state index contributed by atoms with van der Waals surface area (Å²) in [6.45, 7) is 11.5. The van der Waals surface area contributed by atoms with Gasteiger partial charge in [0.05, 0.1) is 71.6 Å². The topological polar surface area (TPSA) is 288 Å². The maximum Gasteiger partial charge on any atom is 0.471 e. The first-order valence-electron chi connectivity index (χ1n) is 29.1. The van der Waals surface area contributed by atoms with Gasteiger partial charge in [-0.15, -0.1) is 0 Å². The van der Waals surface area contributed by atoms with Crippen LogP contribution in [0.2, 0.25) is 0 Å². The number of ether oxygens (including phenoxy) is 5. The summed E-state index contributed by atoms with van der Waals surface area (Å²) in [5, 5.41) is 17.2. The molecular formula is C63H76F3N10O13P. The minimum Gasteiger partial charge on any atom is -0.497 e. The molecule has 0 radical (unpaired) electrons. The highest BCUT2D eigenvalue weighted by atomic mass is 31.2. The molecule has 90 heavy (non-hydrogen) atoms. The van der Waals surface area contributed by atoms with Crippen LogP contribution in [0.3, 0.4) is 0 Å². The van der Waals surface area contributed by atoms with Crippen LogP contribution in [0.25, 0.3) is 11.2 Å². The van der Waals surface area contributed by atoms with Gasteiger partial charge in [-0.2, -0.15) is 23.4 Å². The zero-order valence-electron chi connectivity index (χ0n) is 51.6. The van der Waals surface area contributed by atoms with Gasteiger partial charge in [-0.25, -0.2) is 19.4 Å². The molecule has 0 saturated heterocycles. The molecule has 6 aromatic rings. The van der Waals surface area contributed by atoms with Crippen LogP contribution in [0.15, 0.2) is 114 Å². The summed E-state index contributed by atoms with van der Waals surface area (Å²) in [7, 11) is 2.59. The van der Waals surface area contributed by atoms with E-state index < -0.39 is 80.1 Å². The predicted octanol–water partition coefficient (Wildman–Crippen LogP) is 9.05. The molecule has 2 heterocycles. The molecule has 0 bridgehead atoms. The normalized spacial score (nSPS) is 12.7. The van der Waals surface area contributed by atoms with E-state index in [9.17, 15) is 47.2 Å². The number of fused-ring (bicyclic) bond motifs is 1. The molecule has 6 rings (SSSR count). The van der Waals surface area contributed by atoms with Crippen molar-refractivity contribution in [2.45, 2.75) is 116 Å². The maximum absolute atomic E-state index is 14.0. The van der Waals surface area contributed by atoms with E-state index in [0.717, 1.165) is 54.3 Å². The Hall–Kier alpha value is -8.44. The molecule has 27 heteroatoms. The van der Waals surface area contributed by atoms with Crippen molar-refractivity contribution < 1.29 is 69.9 Å². The minimum absolute atomic E-state index is 0.0152. The Morgan fingerprint density at radius 3 is 1.97 bits per heavy atom. The zero-order valence-corrected chi connectivity index (χ0v) is 52.5. The standard InChI is InChI=1S/C63H76F3N10O13P/c1-40(2)56(78)73-61-72-55-54(58(80)74-61)70-47(37-69-55)38-75(60(82)63(64,65)66)48-23-17-43(18-24-48)57(79)71-52(59(81)85-9)29-30-53(77)68-33-14-34-86-36-31-51(89-90(88-35-13-32-67)76(41(3)4)42(5)6)39-87-62(44-15-11-10-12-16-44,45-19-25-49(83-7)26-20-45)46-21-27-50(84-8)28-22-46/h10-12,15-28,37,40-42,51-52H,13-14,29-31,33-36,38-39H2,1-9H3,(H,68,77)(H,71,79)(H2,69,72,73,74,78,80)/t51-,52-,90?/m0/s1. The summed E-state index contributed by atoms with van der Waals surface area (Å²) < 4.78 is 86.8. The molecule has 0 aliphatic heterocycles. The monoisotopic (exact) mass is 1270 g/mol. The van der Waals surface area contributed by atoms with E-state index in [1.165, 1.54) is 0 Å². The third-order valence-electron chi connectivity index (χ3n) is 13.9. The number of nitriles is 1. The fourth-order valence-corrected chi connectivity index (χ4v) is 11.1. The Morgan fingerprint density at radius 2 is 1.40 bits per heavy atom. The maximum atomic E-state index is 14.0. The Kier molecular flexibility index (Phi) is 26.6. The van der Waals surface area contributed by atoms with Crippen LogP contribution in [0.4, 0.5) is 24.8 Å². The van der Waals surface area contributed by atoms with Gasteiger partial charge < -0.3 is 43.4 Å². The van der Waals surface area contributed by atoms with Gasteiger partial charge in [0, 0.05) is 55.4 Å². The molecule has 0 saturated carbocycles. The molecule has 482 valence electrons. The van der Waals surface area contributed by atoms with Gasteiger partial charge in [-0.05, 0) is 112 Å². The quantitative estimate of drug-likeness (QED) is 0.0127. The Morgan fingerprint density at radius 1 is 0.778 bits per heavy atom. The average molecular weight is 1270 g/mol. The van der Waals surface area contributed by atoms with Crippen molar-refractivity contribution in [3.05, 3.63) is 148 Å². The van der Waals surface area contributed by atoms with Crippen molar-refractivity contribution in [2.75, 3.05) is 64.5 Å². The van der Waals surface area contributed by atoms with Crippen LogP contribution >= 0.6 is 8.53 Å². The highest BCUT2D eigenvalue weighted by Gasteiger charge is 2.44. The number of nitrogens with zero attached hydrogens (tertiary/aromatic N) is 6. The lowest BCUT2D eigenvalue weighted by Crippen LogP contribution is -2.42. The van der Waals surface area contributed by atoms with Gasteiger partial charge in [0.15, 0.2) is 11.2 Å². The molecule has 3 atom stereocenters. The average Bonchev–Trinajstić information content (AvgIpc) is 0.788. The molecule has 0 aliphatic carbocycles. The number of hydrogen-bond acceptors (Lipinski definition) is 18. The van der Waals surface area contributed by atoms with Crippen LogP contribution in [-0.4, -0.2) is 139 Å². The summed E-state index contributed by atoms with van der Waals surface area (Å²) in [5.41, 5.74) is -0.790. The number of alkyl halides is 3. The lowest BCUT2D eigenvalue weighted by molar-refractivity contribution is -0.170. The van der Waals surface area contributed by atoms with E-state index in [-0.39, 0.29) is 98.4 Å². The van der Waals surface area contributed by atoms with Crippen LogP contribution in [-0.2, 0) is 54.6 Å². The number of rotatable bonds is 34. The van der Waals surface area contributed by atoms with Crippen molar-refractivity contribution >= 4 is 60.9 Å². The second-order valence-electron chi connectivity index (χ2n) is 21.3. The van der Waals surface area contributed by atoms with Crippen molar-refractivity contribution in [1.29, 1.82) is 5.26 Å². The molecule has 0 spiro atoms. The molecular weight excluding hydrogens is 1190 g/mol. The number of anilines is 2. The van der Waals surface area contributed by atoms with Gasteiger partial charge in [-0.1, -0.05) is 68.4 Å². The molecule has 4 amide bonds. The highest BCUT2D eigenvalue weighted by molar-refractivity contribution is 7.44. The number of methoxy groups -OCH3 is 3. The number of aromatic nitrogens is 4. The fraction of sp³-hybridized carbons (Fsp3) is 0.429. The highest BCUT2D eigenvalue weighted by Crippen LogP contribution is 2.49. The van der Waals surface area contributed by atoms with E-state index in [1.54, 1.807) is 28.1 Å². The SMILES string of the molecule is COC(=O)[C@H](CCC(=O)NCCCOCC[C@@H](COC(c1ccccc1)(c1ccc(OC)cc1)c1ccc(OC)cc1)OP(OCCC#N)N(C(C)C)C(C)C)NC(=O)c1ccc(N(Cc2cnc3nc(NC(=O)C(C)C)[nH]c(=O)c3n2)C(=O)C(F)(F)F)cc1. The van der Waals surface area contributed by atoms with Crippen LogP contribution in [0.1, 0.15) is 106 Å².